The Bertz CT molecular complexity index is 493. The van der Waals surface area contributed by atoms with Crippen LogP contribution in [0.5, 0.6) is 0 Å². The minimum Gasteiger partial charge on any atom is -0.465 e. The second-order valence-corrected chi connectivity index (χ2v) is 6.42. The number of aromatic nitrogens is 2. The molecule has 1 aromatic heterocycles. The zero-order valence-corrected chi connectivity index (χ0v) is 13.9. The van der Waals surface area contributed by atoms with Crippen LogP contribution in [-0.2, 0) is 9.53 Å². The third-order valence-electron chi connectivity index (χ3n) is 3.39. The van der Waals surface area contributed by atoms with Crippen molar-refractivity contribution in [2.24, 2.45) is 5.92 Å². The van der Waals surface area contributed by atoms with E-state index in [9.17, 15) is 4.79 Å². The fourth-order valence-corrected chi connectivity index (χ4v) is 3.05. The minimum absolute atomic E-state index is 0.199. The molecule has 0 saturated carbocycles. The Hall–Kier alpha value is -1.01. The number of nitrogens with zero attached hydrogens (tertiary/aromatic N) is 3. The SMILES string of the molecule is CCOC(=O)CSc1nc(Cl)cc(N2CCC(C)CC2)n1. The van der Waals surface area contributed by atoms with E-state index in [2.05, 4.69) is 21.8 Å². The molecule has 0 aromatic carbocycles. The molecule has 1 saturated heterocycles. The molecule has 0 aliphatic carbocycles. The molecule has 0 amide bonds. The number of carbonyl (C=O) groups is 1. The smallest absolute Gasteiger partial charge is 0.316 e. The Morgan fingerprint density at radius 2 is 2.19 bits per heavy atom. The standard InChI is InChI=1S/C14H20ClN3O2S/c1-3-20-13(19)9-21-14-16-11(15)8-12(17-14)18-6-4-10(2)5-7-18/h8,10H,3-7,9H2,1-2H3. The van der Waals surface area contributed by atoms with Crippen molar-refractivity contribution in [1.29, 1.82) is 0 Å². The molecule has 2 heterocycles. The van der Waals surface area contributed by atoms with E-state index in [0.29, 0.717) is 16.9 Å². The Morgan fingerprint density at radius 1 is 1.48 bits per heavy atom. The van der Waals surface area contributed by atoms with E-state index in [1.807, 2.05) is 0 Å². The molecule has 1 aliphatic rings. The number of hydrogen-bond donors (Lipinski definition) is 0. The van der Waals surface area contributed by atoms with Gasteiger partial charge in [0.2, 0.25) is 0 Å². The Kier molecular flexibility index (Phi) is 6.11. The second-order valence-electron chi connectivity index (χ2n) is 5.09. The van der Waals surface area contributed by atoms with Crippen LogP contribution >= 0.6 is 23.4 Å². The summed E-state index contributed by atoms with van der Waals surface area (Å²) in [5.41, 5.74) is 0. The molecule has 0 bridgehead atoms. The zero-order chi connectivity index (χ0) is 15.2. The molecular formula is C14H20ClN3O2S. The summed E-state index contributed by atoms with van der Waals surface area (Å²) in [7, 11) is 0. The van der Waals surface area contributed by atoms with Gasteiger partial charge < -0.3 is 9.64 Å². The molecule has 0 unspecified atom stereocenters. The highest BCUT2D eigenvalue weighted by Gasteiger charge is 2.18. The number of anilines is 1. The summed E-state index contributed by atoms with van der Waals surface area (Å²) < 4.78 is 4.89. The average molecular weight is 330 g/mol. The molecule has 7 heteroatoms. The fourth-order valence-electron chi connectivity index (χ4n) is 2.18. The van der Waals surface area contributed by atoms with E-state index in [1.54, 1.807) is 13.0 Å². The number of carbonyl (C=O) groups excluding carboxylic acids is 1. The molecular weight excluding hydrogens is 310 g/mol. The van der Waals surface area contributed by atoms with E-state index in [1.165, 1.54) is 11.8 Å². The first-order valence-electron chi connectivity index (χ1n) is 7.16. The summed E-state index contributed by atoms with van der Waals surface area (Å²) in [4.78, 5) is 22.3. The summed E-state index contributed by atoms with van der Waals surface area (Å²) in [5, 5.41) is 0.925. The van der Waals surface area contributed by atoms with Crippen LogP contribution in [0.15, 0.2) is 11.2 Å². The number of halogens is 1. The normalized spacial score (nSPS) is 16.0. The van der Waals surface area contributed by atoms with Crippen molar-refractivity contribution in [3.63, 3.8) is 0 Å². The Balaban J connectivity index is 2.01. The van der Waals surface area contributed by atoms with Crippen LogP contribution in [0.1, 0.15) is 26.7 Å². The van der Waals surface area contributed by atoms with Crippen LogP contribution in [-0.4, -0.2) is 41.4 Å². The number of thioether (sulfide) groups is 1. The predicted octanol–water partition coefficient (Wildman–Crippen LogP) is 3.02. The first kappa shape index (κ1) is 16.4. The lowest BCUT2D eigenvalue weighted by molar-refractivity contribution is -0.139. The zero-order valence-electron chi connectivity index (χ0n) is 12.3. The first-order valence-corrected chi connectivity index (χ1v) is 8.52. The third-order valence-corrected chi connectivity index (χ3v) is 4.41. The summed E-state index contributed by atoms with van der Waals surface area (Å²) in [6.07, 6.45) is 2.32. The number of hydrogen-bond acceptors (Lipinski definition) is 6. The van der Waals surface area contributed by atoms with E-state index >= 15 is 0 Å². The number of esters is 1. The summed E-state index contributed by atoms with van der Waals surface area (Å²) >= 11 is 7.32. The highest BCUT2D eigenvalue weighted by molar-refractivity contribution is 7.99. The van der Waals surface area contributed by atoms with E-state index < -0.39 is 0 Å². The molecule has 21 heavy (non-hydrogen) atoms. The minimum atomic E-state index is -0.264. The van der Waals surface area contributed by atoms with Crippen LogP contribution in [0.2, 0.25) is 5.15 Å². The lowest BCUT2D eigenvalue weighted by atomic mass is 9.99. The van der Waals surface area contributed by atoms with Gasteiger partial charge in [-0.2, -0.15) is 0 Å². The summed E-state index contributed by atoms with van der Waals surface area (Å²) in [6, 6.07) is 1.78. The van der Waals surface area contributed by atoms with Crippen molar-refractivity contribution in [2.75, 3.05) is 30.3 Å². The van der Waals surface area contributed by atoms with Gasteiger partial charge in [0.1, 0.15) is 11.0 Å². The van der Waals surface area contributed by atoms with Crippen molar-refractivity contribution in [1.82, 2.24) is 9.97 Å². The van der Waals surface area contributed by atoms with Gasteiger partial charge >= 0.3 is 5.97 Å². The molecule has 5 nitrogen and oxygen atoms in total. The maximum atomic E-state index is 11.4. The van der Waals surface area contributed by atoms with Crippen molar-refractivity contribution < 1.29 is 9.53 Å². The van der Waals surface area contributed by atoms with Gasteiger partial charge in [0.05, 0.1) is 12.4 Å². The quantitative estimate of drug-likeness (QED) is 0.358. The Morgan fingerprint density at radius 3 is 2.86 bits per heavy atom. The summed E-state index contributed by atoms with van der Waals surface area (Å²) in [5.74, 6) is 1.54. The van der Waals surface area contributed by atoms with Crippen molar-refractivity contribution >= 4 is 35.1 Å². The maximum absolute atomic E-state index is 11.4. The van der Waals surface area contributed by atoms with Crippen LogP contribution in [0.25, 0.3) is 0 Å². The monoisotopic (exact) mass is 329 g/mol. The van der Waals surface area contributed by atoms with Gasteiger partial charge in [-0.05, 0) is 25.7 Å². The highest BCUT2D eigenvalue weighted by atomic mass is 35.5. The van der Waals surface area contributed by atoms with Gasteiger partial charge in [0, 0.05) is 19.2 Å². The largest absolute Gasteiger partial charge is 0.465 e. The second kappa shape index (κ2) is 7.84. The van der Waals surface area contributed by atoms with Crippen molar-refractivity contribution in [3.05, 3.63) is 11.2 Å². The van der Waals surface area contributed by atoms with Crippen LogP contribution < -0.4 is 4.90 Å². The van der Waals surface area contributed by atoms with Crippen molar-refractivity contribution in [3.8, 4) is 0 Å². The molecule has 0 radical (unpaired) electrons. The van der Waals surface area contributed by atoms with Gasteiger partial charge in [0.15, 0.2) is 5.16 Å². The van der Waals surface area contributed by atoms with E-state index in [-0.39, 0.29) is 11.7 Å². The number of rotatable bonds is 5. The van der Waals surface area contributed by atoms with Crippen molar-refractivity contribution in [2.45, 2.75) is 31.8 Å². The van der Waals surface area contributed by atoms with Gasteiger partial charge in [-0.3, -0.25) is 4.79 Å². The lowest BCUT2D eigenvalue weighted by Crippen LogP contribution is -2.33. The molecule has 0 spiro atoms. The predicted molar refractivity (Wildman–Crippen MR) is 85.0 cm³/mol. The van der Waals surface area contributed by atoms with E-state index in [4.69, 9.17) is 16.3 Å². The molecule has 0 atom stereocenters. The molecule has 1 fully saturated rings. The Labute approximate surface area is 134 Å². The average Bonchev–Trinajstić information content (AvgIpc) is 2.46. The van der Waals surface area contributed by atoms with Crippen LogP contribution in [0.4, 0.5) is 5.82 Å². The van der Waals surface area contributed by atoms with Crippen LogP contribution in [0.3, 0.4) is 0 Å². The van der Waals surface area contributed by atoms with Gasteiger partial charge in [-0.1, -0.05) is 30.3 Å². The first-order chi connectivity index (χ1) is 10.1. The van der Waals surface area contributed by atoms with Crippen LogP contribution in [0, 0.1) is 5.92 Å². The highest BCUT2D eigenvalue weighted by Crippen LogP contribution is 2.25. The molecule has 1 aromatic rings. The lowest BCUT2D eigenvalue weighted by Gasteiger charge is -2.31. The van der Waals surface area contributed by atoms with Gasteiger partial charge in [-0.25, -0.2) is 9.97 Å². The van der Waals surface area contributed by atoms with Gasteiger partial charge in [0.25, 0.3) is 0 Å². The molecule has 2 rings (SSSR count). The molecule has 1 aliphatic heterocycles. The maximum Gasteiger partial charge on any atom is 0.316 e. The van der Waals surface area contributed by atoms with Gasteiger partial charge in [-0.15, -0.1) is 0 Å². The number of ether oxygens (including phenoxy) is 1. The third kappa shape index (κ3) is 5.04. The number of piperidine rings is 1. The van der Waals surface area contributed by atoms with E-state index in [0.717, 1.165) is 37.7 Å². The fraction of sp³-hybridized carbons (Fsp3) is 0.643. The topological polar surface area (TPSA) is 55.3 Å². The summed E-state index contributed by atoms with van der Waals surface area (Å²) in [6.45, 7) is 6.40. The molecule has 116 valence electrons. The molecule has 0 N–H and O–H groups in total.